The molecule has 0 unspecified atom stereocenters. The van der Waals surface area contributed by atoms with Gasteiger partial charge in [0.2, 0.25) is 0 Å². The van der Waals surface area contributed by atoms with E-state index in [4.69, 9.17) is 0 Å². The normalized spacial score (nSPS) is 16.0. The fourth-order valence-corrected chi connectivity index (χ4v) is 2.06. The average molecular weight is 155 g/mol. The molecular weight excluding hydrogens is 146 g/mol. The van der Waals surface area contributed by atoms with E-state index in [2.05, 4.69) is 5.32 Å². The number of nitrogens with one attached hydrogen (secondary N) is 1. The number of rotatable bonds is 0. The monoisotopic (exact) mass is 155 g/mol. The number of thiophene rings is 1. The van der Waals surface area contributed by atoms with Crippen LogP contribution in [0, 0.1) is 0 Å². The summed E-state index contributed by atoms with van der Waals surface area (Å²) in [5, 5.41) is 15.0. The van der Waals surface area contributed by atoms with Crippen LogP contribution in [-0.2, 0) is 6.42 Å². The van der Waals surface area contributed by atoms with Crippen LogP contribution >= 0.6 is 11.3 Å². The molecule has 1 aliphatic rings. The molecule has 0 aliphatic carbocycles. The van der Waals surface area contributed by atoms with Crippen LogP contribution in [0.1, 0.15) is 12.0 Å². The Morgan fingerprint density at radius 1 is 1.60 bits per heavy atom. The number of aromatic hydroxyl groups is 1. The van der Waals surface area contributed by atoms with E-state index in [9.17, 15) is 5.11 Å². The van der Waals surface area contributed by atoms with Gasteiger partial charge in [0.15, 0.2) is 5.06 Å². The standard InChI is InChI=1S/C7H9NOS/c9-7-5-2-1-3-8-6(5)4-10-7/h4,8-9H,1-3H2. The Morgan fingerprint density at radius 3 is 3.30 bits per heavy atom. The highest BCUT2D eigenvalue weighted by Crippen LogP contribution is 2.35. The summed E-state index contributed by atoms with van der Waals surface area (Å²) in [6, 6.07) is 0. The third-order valence-corrected chi connectivity index (χ3v) is 2.61. The van der Waals surface area contributed by atoms with E-state index < -0.39 is 0 Å². The second-order valence-corrected chi connectivity index (χ2v) is 3.32. The van der Waals surface area contributed by atoms with Gasteiger partial charge in [-0.3, -0.25) is 0 Å². The minimum atomic E-state index is 0.488. The van der Waals surface area contributed by atoms with Crippen molar-refractivity contribution in [2.45, 2.75) is 12.8 Å². The summed E-state index contributed by atoms with van der Waals surface area (Å²) in [7, 11) is 0. The molecule has 0 aromatic carbocycles. The van der Waals surface area contributed by atoms with Gasteiger partial charge < -0.3 is 10.4 Å². The van der Waals surface area contributed by atoms with Crippen molar-refractivity contribution in [3.8, 4) is 5.06 Å². The third kappa shape index (κ3) is 0.778. The molecule has 0 bridgehead atoms. The third-order valence-electron chi connectivity index (χ3n) is 1.79. The Kier molecular flexibility index (Phi) is 1.31. The molecule has 3 heteroatoms. The summed E-state index contributed by atoms with van der Waals surface area (Å²) in [6.07, 6.45) is 2.16. The molecule has 1 aromatic heterocycles. The maximum absolute atomic E-state index is 9.27. The van der Waals surface area contributed by atoms with E-state index in [0.717, 1.165) is 30.6 Å². The van der Waals surface area contributed by atoms with Crippen molar-refractivity contribution in [2.75, 3.05) is 11.9 Å². The molecule has 2 rings (SSSR count). The number of hydrogen-bond acceptors (Lipinski definition) is 3. The highest BCUT2D eigenvalue weighted by atomic mass is 32.1. The molecule has 2 nitrogen and oxygen atoms in total. The van der Waals surface area contributed by atoms with Crippen LogP contribution in [0.4, 0.5) is 5.69 Å². The zero-order chi connectivity index (χ0) is 6.97. The van der Waals surface area contributed by atoms with Gasteiger partial charge in [0.25, 0.3) is 0 Å². The Hall–Kier alpha value is -0.700. The maximum Gasteiger partial charge on any atom is 0.176 e. The van der Waals surface area contributed by atoms with E-state index in [1.165, 1.54) is 11.3 Å². The fourth-order valence-electron chi connectivity index (χ4n) is 1.25. The molecule has 54 valence electrons. The number of fused-ring (bicyclic) bond motifs is 1. The first-order valence-electron chi connectivity index (χ1n) is 3.41. The Bertz CT molecular complexity index is 244. The highest BCUT2D eigenvalue weighted by molar-refractivity contribution is 7.12. The minimum absolute atomic E-state index is 0.488. The predicted octanol–water partition coefficient (Wildman–Crippen LogP) is 1.81. The molecule has 0 fully saturated rings. The van der Waals surface area contributed by atoms with Crippen LogP contribution < -0.4 is 5.32 Å². The molecule has 0 saturated heterocycles. The van der Waals surface area contributed by atoms with Crippen molar-refractivity contribution < 1.29 is 5.11 Å². The average Bonchev–Trinajstić information content (AvgIpc) is 2.34. The van der Waals surface area contributed by atoms with Crippen LogP contribution in [0.5, 0.6) is 5.06 Å². The van der Waals surface area contributed by atoms with Gasteiger partial charge in [-0.15, -0.1) is 11.3 Å². The molecule has 0 amide bonds. The summed E-state index contributed by atoms with van der Waals surface area (Å²) in [4.78, 5) is 0. The van der Waals surface area contributed by atoms with E-state index in [-0.39, 0.29) is 0 Å². The number of anilines is 1. The summed E-state index contributed by atoms with van der Waals surface area (Å²) in [5.74, 6) is 0. The molecule has 1 aromatic rings. The van der Waals surface area contributed by atoms with Gasteiger partial charge in [0.1, 0.15) is 0 Å². The van der Waals surface area contributed by atoms with Gasteiger partial charge in [0.05, 0.1) is 5.69 Å². The molecule has 2 heterocycles. The molecular formula is C7H9NOS. The van der Waals surface area contributed by atoms with Crippen molar-refractivity contribution in [2.24, 2.45) is 0 Å². The molecule has 0 spiro atoms. The van der Waals surface area contributed by atoms with Crippen LogP contribution in [0.2, 0.25) is 0 Å². The van der Waals surface area contributed by atoms with E-state index >= 15 is 0 Å². The van der Waals surface area contributed by atoms with Crippen molar-refractivity contribution in [1.29, 1.82) is 0 Å². The molecule has 0 atom stereocenters. The van der Waals surface area contributed by atoms with Crippen LogP contribution in [0.15, 0.2) is 5.38 Å². The minimum Gasteiger partial charge on any atom is -0.499 e. The molecule has 0 radical (unpaired) electrons. The summed E-state index contributed by atoms with van der Waals surface area (Å²) in [5.41, 5.74) is 2.24. The first-order chi connectivity index (χ1) is 4.88. The quantitative estimate of drug-likeness (QED) is 0.599. The van der Waals surface area contributed by atoms with Crippen molar-refractivity contribution in [3.63, 3.8) is 0 Å². The van der Waals surface area contributed by atoms with Crippen LogP contribution in [0.3, 0.4) is 0 Å². The van der Waals surface area contributed by atoms with Crippen molar-refractivity contribution >= 4 is 17.0 Å². The molecule has 2 N–H and O–H groups in total. The van der Waals surface area contributed by atoms with Crippen LogP contribution in [-0.4, -0.2) is 11.7 Å². The first kappa shape index (κ1) is 6.04. The Morgan fingerprint density at radius 2 is 2.50 bits per heavy atom. The van der Waals surface area contributed by atoms with E-state index in [0.29, 0.717) is 5.06 Å². The van der Waals surface area contributed by atoms with Crippen LogP contribution in [0.25, 0.3) is 0 Å². The Balaban J connectivity index is 2.45. The van der Waals surface area contributed by atoms with Gasteiger partial charge >= 0.3 is 0 Å². The number of hydrogen-bond donors (Lipinski definition) is 2. The zero-order valence-corrected chi connectivity index (χ0v) is 6.37. The second kappa shape index (κ2) is 2.16. The SMILES string of the molecule is Oc1scc2c1CCCN2. The van der Waals surface area contributed by atoms with Gasteiger partial charge in [-0.05, 0) is 12.8 Å². The molecule has 1 aliphatic heterocycles. The van der Waals surface area contributed by atoms with Crippen molar-refractivity contribution in [3.05, 3.63) is 10.9 Å². The van der Waals surface area contributed by atoms with E-state index in [1.807, 2.05) is 5.38 Å². The predicted molar refractivity (Wildman–Crippen MR) is 42.8 cm³/mol. The smallest absolute Gasteiger partial charge is 0.176 e. The lowest BCUT2D eigenvalue weighted by Crippen LogP contribution is -2.09. The summed E-state index contributed by atoms with van der Waals surface area (Å²) in [6.45, 7) is 1.04. The van der Waals surface area contributed by atoms with Crippen molar-refractivity contribution in [1.82, 2.24) is 0 Å². The maximum atomic E-state index is 9.27. The largest absolute Gasteiger partial charge is 0.499 e. The lowest BCUT2D eigenvalue weighted by molar-refractivity contribution is 0.483. The lowest BCUT2D eigenvalue weighted by atomic mass is 10.1. The Labute approximate surface area is 63.5 Å². The fraction of sp³-hybridized carbons (Fsp3) is 0.429. The first-order valence-corrected chi connectivity index (χ1v) is 4.29. The van der Waals surface area contributed by atoms with Gasteiger partial charge in [0, 0.05) is 17.5 Å². The van der Waals surface area contributed by atoms with Gasteiger partial charge in [-0.1, -0.05) is 0 Å². The van der Waals surface area contributed by atoms with Gasteiger partial charge in [-0.2, -0.15) is 0 Å². The summed E-state index contributed by atoms with van der Waals surface area (Å²) >= 11 is 1.41. The topological polar surface area (TPSA) is 32.3 Å². The van der Waals surface area contributed by atoms with Gasteiger partial charge in [-0.25, -0.2) is 0 Å². The summed E-state index contributed by atoms with van der Waals surface area (Å²) < 4.78 is 0. The lowest BCUT2D eigenvalue weighted by Gasteiger charge is -2.12. The highest BCUT2D eigenvalue weighted by Gasteiger charge is 2.13. The van der Waals surface area contributed by atoms with E-state index in [1.54, 1.807) is 0 Å². The second-order valence-electron chi connectivity index (χ2n) is 2.46. The molecule has 0 saturated carbocycles. The zero-order valence-electron chi connectivity index (χ0n) is 5.55. The molecule has 10 heavy (non-hydrogen) atoms.